The zero-order chi connectivity index (χ0) is 58.3. The molecule has 4 unspecified atom stereocenters. The lowest BCUT2D eigenvalue weighted by molar-refractivity contribution is -0.146. The molecule has 426 valence electrons. The van der Waals surface area contributed by atoms with E-state index in [1.165, 1.54) is 30.7 Å². The third-order valence-corrected chi connectivity index (χ3v) is 14.6. The molecular weight excluding hydrogens is 1040 g/mol. The number of hydrogen-bond donors (Lipinski definition) is 4. The third-order valence-electron chi connectivity index (χ3n) is 14.6. The number of rotatable bonds is 19. The number of esters is 1. The monoisotopic (exact) mass is 1110 g/mol. The summed E-state index contributed by atoms with van der Waals surface area (Å²) in [4.78, 5) is 97.6. The van der Waals surface area contributed by atoms with Crippen LogP contribution < -0.4 is 20.7 Å². The van der Waals surface area contributed by atoms with E-state index in [4.69, 9.17) is 18.9 Å². The van der Waals surface area contributed by atoms with Crippen molar-refractivity contribution in [3.63, 3.8) is 0 Å². The van der Waals surface area contributed by atoms with Gasteiger partial charge in [-0.15, -0.1) is 5.10 Å². The second-order valence-corrected chi connectivity index (χ2v) is 22.6. The van der Waals surface area contributed by atoms with Gasteiger partial charge in [0.2, 0.25) is 17.7 Å². The van der Waals surface area contributed by atoms with Gasteiger partial charge >= 0.3 is 24.1 Å². The number of aliphatic carboxylic acids is 1. The number of carbonyl (C=O) groups excluding carboxylic acids is 6. The summed E-state index contributed by atoms with van der Waals surface area (Å²) in [6.45, 7) is 11.9. The van der Waals surface area contributed by atoms with Crippen LogP contribution in [0.5, 0.6) is 5.75 Å². The van der Waals surface area contributed by atoms with Crippen molar-refractivity contribution in [2.45, 2.75) is 122 Å². The number of nitrogens with one attached hydrogen (secondary N) is 3. The molecule has 81 heavy (non-hydrogen) atoms. The molecule has 20 heteroatoms. The average molecular weight is 1110 g/mol. The number of hydrogen-bond acceptors (Lipinski definition) is 13. The van der Waals surface area contributed by atoms with E-state index in [2.05, 4.69) is 26.3 Å². The number of methoxy groups -OCH3 is 1. The van der Waals surface area contributed by atoms with Crippen LogP contribution >= 0.6 is 0 Å². The van der Waals surface area contributed by atoms with Gasteiger partial charge in [-0.3, -0.25) is 19.3 Å². The van der Waals surface area contributed by atoms with E-state index in [9.17, 15) is 38.7 Å². The number of nitrogens with zero attached hydrogens (tertiary/aromatic N) is 5. The van der Waals surface area contributed by atoms with Crippen LogP contribution in [0.25, 0.3) is 21.9 Å². The van der Waals surface area contributed by atoms with Crippen LogP contribution in [0.4, 0.5) is 9.59 Å². The minimum absolute atomic E-state index is 0.0102. The number of fused-ring (bicyclic) bond motifs is 4. The molecule has 1 saturated heterocycles. The van der Waals surface area contributed by atoms with Gasteiger partial charge in [-0.25, -0.2) is 23.9 Å². The lowest BCUT2D eigenvalue weighted by Gasteiger charge is -2.37. The van der Waals surface area contributed by atoms with Crippen molar-refractivity contribution >= 4 is 52.6 Å². The Morgan fingerprint density at radius 2 is 1.38 bits per heavy atom. The molecule has 0 bridgehead atoms. The highest BCUT2D eigenvalue weighted by atomic mass is 16.6. The molecule has 5 amide bonds. The maximum absolute atomic E-state index is 14.9. The zero-order valence-corrected chi connectivity index (χ0v) is 47.0. The van der Waals surface area contributed by atoms with Crippen molar-refractivity contribution < 1.29 is 57.6 Å². The van der Waals surface area contributed by atoms with Crippen LogP contribution in [0.15, 0.2) is 121 Å². The first-order valence-electron chi connectivity index (χ1n) is 26.9. The smallest absolute Gasteiger partial charge is 0.410 e. The highest BCUT2D eigenvalue weighted by Gasteiger charge is 2.47. The van der Waals surface area contributed by atoms with E-state index < -0.39 is 89.1 Å². The lowest BCUT2D eigenvalue weighted by atomic mass is 9.85. The molecule has 6 atom stereocenters. The molecule has 4 N–H and O–H groups in total. The van der Waals surface area contributed by atoms with E-state index in [0.29, 0.717) is 22.6 Å². The second-order valence-electron chi connectivity index (χ2n) is 22.6. The Bertz CT molecular complexity index is 3250. The Kier molecular flexibility index (Phi) is 17.8. The normalized spacial score (nSPS) is 16.4. The third kappa shape index (κ3) is 14.2. The molecule has 1 fully saturated rings. The molecule has 2 heterocycles. The van der Waals surface area contributed by atoms with Gasteiger partial charge in [0.25, 0.3) is 0 Å². The summed E-state index contributed by atoms with van der Waals surface area (Å²) in [5.74, 6) is -3.58. The molecule has 6 aromatic rings. The fourth-order valence-corrected chi connectivity index (χ4v) is 10.1. The molecule has 0 saturated carbocycles. The quantitative estimate of drug-likeness (QED) is 0.0457. The van der Waals surface area contributed by atoms with Crippen molar-refractivity contribution in [2.24, 2.45) is 5.41 Å². The molecule has 0 radical (unpaired) electrons. The molecule has 1 aliphatic carbocycles. The maximum atomic E-state index is 14.9. The van der Waals surface area contributed by atoms with Gasteiger partial charge in [0.15, 0.2) is 0 Å². The van der Waals surface area contributed by atoms with Crippen LogP contribution in [0.3, 0.4) is 0 Å². The summed E-state index contributed by atoms with van der Waals surface area (Å²) in [5, 5.41) is 29.2. The Balaban J connectivity index is 0.932. The Morgan fingerprint density at radius 3 is 2.01 bits per heavy atom. The van der Waals surface area contributed by atoms with Gasteiger partial charge in [0.1, 0.15) is 60.5 Å². The first-order chi connectivity index (χ1) is 38.5. The van der Waals surface area contributed by atoms with Gasteiger partial charge in [0.05, 0.1) is 19.3 Å². The number of ether oxygens (including phenoxy) is 4. The van der Waals surface area contributed by atoms with Crippen LogP contribution in [0.2, 0.25) is 0 Å². The fraction of sp³-hybridized carbons (Fsp3) is 0.393. The van der Waals surface area contributed by atoms with Crippen molar-refractivity contribution in [3.8, 4) is 16.9 Å². The van der Waals surface area contributed by atoms with Gasteiger partial charge in [0, 0.05) is 38.8 Å². The van der Waals surface area contributed by atoms with Crippen molar-refractivity contribution in [1.82, 2.24) is 40.7 Å². The molecule has 1 aromatic heterocycles. The summed E-state index contributed by atoms with van der Waals surface area (Å²) in [6, 6.07) is 29.6. The number of likely N-dealkylation sites (tertiary alicyclic amines) is 1. The molecule has 5 aromatic carbocycles. The zero-order valence-electron chi connectivity index (χ0n) is 47.0. The Morgan fingerprint density at radius 1 is 0.765 bits per heavy atom. The largest absolute Gasteiger partial charge is 0.487 e. The van der Waals surface area contributed by atoms with Crippen LogP contribution in [-0.2, 0) is 57.6 Å². The number of amides is 5. The Hall–Kier alpha value is -8.81. The molecular formula is C61H70N8O12. The maximum Gasteiger partial charge on any atom is 0.410 e. The van der Waals surface area contributed by atoms with Gasteiger partial charge in [-0.05, 0) is 89.4 Å². The van der Waals surface area contributed by atoms with Crippen molar-refractivity contribution in [3.05, 3.63) is 149 Å². The predicted octanol–water partition coefficient (Wildman–Crippen LogP) is 7.37. The molecule has 8 rings (SSSR count). The van der Waals surface area contributed by atoms with Crippen LogP contribution in [-0.4, -0.2) is 135 Å². The van der Waals surface area contributed by atoms with Gasteiger partial charge < -0.3 is 44.9 Å². The minimum atomic E-state index is -1.36. The summed E-state index contributed by atoms with van der Waals surface area (Å²) in [7, 11) is 2.66. The molecule has 20 nitrogen and oxygen atoms in total. The van der Waals surface area contributed by atoms with E-state index >= 15 is 0 Å². The second kappa shape index (κ2) is 24.7. The van der Waals surface area contributed by atoms with Crippen molar-refractivity contribution in [1.29, 1.82) is 0 Å². The number of aromatic nitrogens is 3. The Labute approximate surface area is 470 Å². The van der Waals surface area contributed by atoms with E-state index in [1.54, 1.807) is 72.0 Å². The number of carboxylic acids is 1. The van der Waals surface area contributed by atoms with Gasteiger partial charge in [-0.1, -0.05) is 129 Å². The number of benzene rings is 5. The van der Waals surface area contributed by atoms with E-state index in [-0.39, 0.29) is 44.9 Å². The number of likely N-dealkylation sites (N-methyl/N-ethyl adjacent to an activating group) is 1. The van der Waals surface area contributed by atoms with E-state index in [0.717, 1.165) is 37.9 Å². The SMILES string of the molecule is COC(=O)C(Cc1ccc(OCc2cn([C@H]3C[C@@H](C(=O)NC(Cc4ccc5ccccc5c4)C(=O)O)N(C(=O)C(NC(=O)C(C)N(C)C(=O)OC(C)(C)C)C(C)(C)C)C3)nn2)cc1)NC(=O)OCC1c2ccccc2-c2ccccc21. The van der Waals surface area contributed by atoms with Crippen LogP contribution in [0, 0.1) is 5.41 Å². The summed E-state index contributed by atoms with van der Waals surface area (Å²) < 4.78 is 23.8. The highest BCUT2D eigenvalue weighted by molar-refractivity contribution is 5.96. The van der Waals surface area contributed by atoms with Crippen LogP contribution in [0.1, 0.15) is 94.8 Å². The number of alkyl carbamates (subject to hydrolysis) is 1. The summed E-state index contributed by atoms with van der Waals surface area (Å²) >= 11 is 0. The fourth-order valence-electron chi connectivity index (χ4n) is 10.1. The molecule has 1 aliphatic heterocycles. The topological polar surface area (TPSA) is 250 Å². The summed E-state index contributed by atoms with van der Waals surface area (Å²) in [5.41, 5.74) is 4.34. The molecule has 2 aliphatic rings. The highest BCUT2D eigenvalue weighted by Crippen LogP contribution is 2.44. The minimum Gasteiger partial charge on any atom is -0.487 e. The first kappa shape index (κ1) is 58.3. The number of carboxylic acid groups (broad SMARTS) is 1. The van der Waals surface area contributed by atoms with Gasteiger partial charge in [-0.2, -0.15) is 0 Å². The standard InChI is InChI=1S/C61H70N8O12/c1-36(67(8)59(77)81-61(5,6)7)53(70)64-52(60(2,3)4)55(72)68-33-42(31-51(68)54(71)62-49(56(73)74)30-38-22-25-39-16-10-11-17-40(39)28-38)69-32-41(65-66-69)34-79-43-26-23-37(24-27-43)29-50(57(75)78-9)63-58(76)80-35-48-46-20-14-12-18-44(46)45-19-13-15-21-47(45)48/h10-28,32,36,42,48-52H,29-31,33-35H2,1-9H3,(H,62,71)(H,63,76)(H,64,70)(H,73,74)/t36?,42-,49?,50?,51-,52?/m0/s1. The average Bonchev–Trinajstić information content (AvgIpc) is 4.40. The number of carbonyl (C=O) groups is 7. The first-order valence-corrected chi connectivity index (χ1v) is 26.9. The lowest BCUT2D eigenvalue weighted by Crippen LogP contribution is -2.60. The van der Waals surface area contributed by atoms with E-state index in [1.807, 2.05) is 91.0 Å². The summed E-state index contributed by atoms with van der Waals surface area (Å²) in [6.07, 6.45) is 0.208. The van der Waals surface area contributed by atoms with Crippen molar-refractivity contribution in [2.75, 3.05) is 27.3 Å². The predicted molar refractivity (Wildman–Crippen MR) is 300 cm³/mol. The molecule has 0 spiro atoms.